The number of guanidine groups is 1. The van der Waals surface area contributed by atoms with E-state index in [0.717, 1.165) is 44.4 Å². The van der Waals surface area contributed by atoms with E-state index in [4.69, 9.17) is 4.52 Å². The molecule has 1 aromatic rings. The summed E-state index contributed by atoms with van der Waals surface area (Å²) in [4.78, 5) is 22.0. The summed E-state index contributed by atoms with van der Waals surface area (Å²) in [5.41, 5.74) is 0.951. The van der Waals surface area contributed by atoms with Crippen LogP contribution in [0.3, 0.4) is 0 Å². The molecule has 0 bridgehead atoms. The molecule has 0 aromatic carbocycles. The molecule has 1 amide bonds. The molecule has 8 nitrogen and oxygen atoms in total. The van der Waals surface area contributed by atoms with Crippen LogP contribution in [0.5, 0.6) is 0 Å². The predicted octanol–water partition coefficient (Wildman–Crippen LogP) is -0.544. The Bertz CT molecular complexity index is 491. The molecular formula is C14H24N6O2. The lowest BCUT2D eigenvalue weighted by Crippen LogP contribution is -2.53. The van der Waals surface area contributed by atoms with Gasteiger partial charge in [0.05, 0.1) is 12.2 Å². The van der Waals surface area contributed by atoms with Crippen molar-refractivity contribution in [2.75, 3.05) is 53.9 Å². The maximum Gasteiger partial charge on any atom is 0.241 e. The van der Waals surface area contributed by atoms with E-state index < -0.39 is 0 Å². The van der Waals surface area contributed by atoms with Gasteiger partial charge in [0.15, 0.2) is 5.96 Å². The minimum atomic E-state index is 0.0332. The van der Waals surface area contributed by atoms with Gasteiger partial charge in [0, 0.05) is 59.9 Å². The number of hydrogen-bond donors (Lipinski definition) is 1. The Balaban J connectivity index is 1.78. The van der Waals surface area contributed by atoms with E-state index in [0.29, 0.717) is 0 Å². The number of nitrogens with one attached hydrogen (secondary N) is 1. The average molecular weight is 308 g/mol. The molecule has 0 atom stereocenters. The van der Waals surface area contributed by atoms with Gasteiger partial charge in [-0.05, 0) is 0 Å². The molecule has 0 saturated carbocycles. The van der Waals surface area contributed by atoms with Crippen molar-refractivity contribution < 1.29 is 9.32 Å². The molecule has 0 spiro atoms. The smallest absolute Gasteiger partial charge is 0.241 e. The maximum absolute atomic E-state index is 11.6. The van der Waals surface area contributed by atoms with Crippen molar-refractivity contribution in [2.45, 2.75) is 6.54 Å². The third-order valence-electron chi connectivity index (χ3n) is 3.66. The molecule has 0 radical (unpaired) electrons. The second kappa shape index (κ2) is 7.79. The minimum absolute atomic E-state index is 0.0332. The number of nitrogens with zero attached hydrogens (tertiary/aromatic N) is 5. The van der Waals surface area contributed by atoms with Crippen LogP contribution in [0.4, 0.5) is 0 Å². The first kappa shape index (κ1) is 16.3. The predicted molar refractivity (Wildman–Crippen MR) is 83.4 cm³/mol. The zero-order valence-corrected chi connectivity index (χ0v) is 13.4. The van der Waals surface area contributed by atoms with Crippen molar-refractivity contribution in [1.29, 1.82) is 0 Å². The molecule has 0 unspecified atom stereocenters. The molecule has 1 aliphatic rings. The second-order valence-electron chi connectivity index (χ2n) is 5.44. The SMILES string of the molecule is CN=C(NCC(=O)N(C)C)N1CCN(Cc2ccon2)CC1. The summed E-state index contributed by atoms with van der Waals surface area (Å²) in [6, 6.07) is 1.89. The van der Waals surface area contributed by atoms with Crippen LogP contribution in [0.25, 0.3) is 0 Å². The molecule has 2 heterocycles. The lowest BCUT2D eigenvalue weighted by molar-refractivity contribution is -0.127. The van der Waals surface area contributed by atoms with E-state index in [1.807, 2.05) is 6.07 Å². The normalized spacial score (nSPS) is 16.7. The highest BCUT2D eigenvalue weighted by Crippen LogP contribution is 2.07. The van der Waals surface area contributed by atoms with Crippen LogP contribution < -0.4 is 5.32 Å². The van der Waals surface area contributed by atoms with Gasteiger partial charge >= 0.3 is 0 Å². The Morgan fingerprint density at radius 2 is 2.14 bits per heavy atom. The van der Waals surface area contributed by atoms with Crippen molar-refractivity contribution in [3.8, 4) is 0 Å². The van der Waals surface area contributed by atoms with Gasteiger partial charge in [0.2, 0.25) is 5.91 Å². The van der Waals surface area contributed by atoms with E-state index in [-0.39, 0.29) is 12.5 Å². The van der Waals surface area contributed by atoms with Crippen LogP contribution >= 0.6 is 0 Å². The molecule has 8 heteroatoms. The Morgan fingerprint density at radius 1 is 1.41 bits per heavy atom. The van der Waals surface area contributed by atoms with Crippen molar-refractivity contribution in [3.63, 3.8) is 0 Å². The van der Waals surface area contributed by atoms with Crippen molar-refractivity contribution >= 4 is 11.9 Å². The van der Waals surface area contributed by atoms with Crippen LogP contribution in [0.15, 0.2) is 21.8 Å². The Kier molecular flexibility index (Phi) is 5.76. The van der Waals surface area contributed by atoms with Gasteiger partial charge in [-0.3, -0.25) is 14.7 Å². The number of piperazine rings is 1. The first-order chi connectivity index (χ1) is 10.6. The topological polar surface area (TPSA) is 77.2 Å². The summed E-state index contributed by atoms with van der Waals surface area (Å²) in [5.74, 6) is 0.808. The van der Waals surface area contributed by atoms with Gasteiger partial charge in [-0.25, -0.2) is 0 Å². The molecule has 1 N–H and O–H groups in total. The van der Waals surface area contributed by atoms with Crippen LogP contribution in [-0.2, 0) is 11.3 Å². The van der Waals surface area contributed by atoms with E-state index in [2.05, 4.69) is 25.3 Å². The van der Waals surface area contributed by atoms with Crippen LogP contribution in [-0.4, -0.2) is 85.6 Å². The molecule has 1 aliphatic heterocycles. The first-order valence-electron chi connectivity index (χ1n) is 7.37. The summed E-state index contributed by atoms with van der Waals surface area (Å²) in [6.07, 6.45) is 1.60. The van der Waals surface area contributed by atoms with E-state index in [9.17, 15) is 4.79 Å². The lowest BCUT2D eigenvalue weighted by Gasteiger charge is -2.36. The Morgan fingerprint density at radius 3 is 2.68 bits per heavy atom. The van der Waals surface area contributed by atoms with E-state index in [1.165, 1.54) is 0 Å². The number of likely N-dealkylation sites (N-methyl/N-ethyl adjacent to an activating group) is 1. The molecule has 22 heavy (non-hydrogen) atoms. The van der Waals surface area contributed by atoms with Gasteiger partial charge in [0.1, 0.15) is 6.26 Å². The van der Waals surface area contributed by atoms with E-state index >= 15 is 0 Å². The van der Waals surface area contributed by atoms with Gasteiger partial charge in [-0.15, -0.1) is 0 Å². The largest absolute Gasteiger partial charge is 0.364 e. The van der Waals surface area contributed by atoms with Gasteiger partial charge < -0.3 is 19.6 Å². The molecule has 122 valence electrons. The number of hydrogen-bond acceptors (Lipinski definition) is 5. The van der Waals surface area contributed by atoms with E-state index in [1.54, 1.807) is 32.3 Å². The third-order valence-corrected chi connectivity index (χ3v) is 3.66. The molecule has 1 aromatic heterocycles. The number of carbonyl (C=O) groups excluding carboxylic acids is 1. The summed E-state index contributed by atoms with van der Waals surface area (Å²) >= 11 is 0. The van der Waals surface area contributed by atoms with Gasteiger partial charge in [0.25, 0.3) is 0 Å². The first-order valence-corrected chi connectivity index (χ1v) is 7.37. The fourth-order valence-electron chi connectivity index (χ4n) is 2.31. The quantitative estimate of drug-likeness (QED) is 0.594. The highest BCUT2D eigenvalue weighted by atomic mass is 16.5. The summed E-state index contributed by atoms with van der Waals surface area (Å²) in [6.45, 7) is 4.65. The number of carbonyl (C=O) groups is 1. The molecule has 1 saturated heterocycles. The van der Waals surface area contributed by atoms with Crippen molar-refractivity contribution in [1.82, 2.24) is 25.2 Å². The number of aliphatic imine (C=N–C) groups is 1. The number of aromatic nitrogens is 1. The highest BCUT2D eigenvalue weighted by molar-refractivity contribution is 5.86. The van der Waals surface area contributed by atoms with Crippen LogP contribution in [0, 0.1) is 0 Å². The Hall–Kier alpha value is -2.09. The third kappa shape index (κ3) is 4.45. The molecule has 2 rings (SSSR count). The summed E-state index contributed by atoms with van der Waals surface area (Å²) in [5, 5.41) is 7.06. The zero-order valence-electron chi connectivity index (χ0n) is 13.4. The number of rotatable bonds is 4. The standard InChI is InChI=1S/C14H24N6O2/c1-15-14(16-10-13(21)18(2)3)20-7-5-19(6-8-20)11-12-4-9-22-17-12/h4,9H,5-8,10-11H2,1-3H3,(H,15,16). The van der Waals surface area contributed by atoms with Gasteiger partial charge in [-0.1, -0.05) is 5.16 Å². The van der Waals surface area contributed by atoms with Crippen molar-refractivity contribution in [3.05, 3.63) is 18.0 Å². The van der Waals surface area contributed by atoms with Crippen LogP contribution in [0.1, 0.15) is 5.69 Å². The molecular weight excluding hydrogens is 284 g/mol. The lowest BCUT2D eigenvalue weighted by atomic mass is 10.3. The zero-order chi connectivity index (χ0) is 15.9. The summed E-state index contributed by atoms with van der Waals surface area (Å²) in [7, 11) is 5.23. The van der Waals surface area contributed by atoms with Crippen LogP contribution in [0.2, 0.25) is 0 Å². The highest BCUT2D eigenvalue weighted by Gasteiger charge is 2.20. The fourth-order valence-corrected chi connectivity index (χ4v) is 2.31. The van der Waals surface area contributed by atoms with Gasteiger partial charge in [-0.2, -0.15) is 0 Å². The fraction of sp³-hybridized carbons (Fsp3) is 0.643. The average Bonchev–Trinajstić information content (AvgIpc) is 3.02. The monoisotopic (exact) mass is 308 g/mol. The maximum atomic E-state index is 11.6. The van der Waals surface area contributed by atoms with Crippen molar-refractivity contribution in [2.24, 2.45) is 4.99 Å². The molecule has 1 fully saturated rings. The Labute approximate surface area is 130 Å². The molecule has 0 aliphatic carbocycles. The second-order valence-corrected chi connectivity index (χ2v) is 5.44. The summed E-state index contributed by atoms with van der Waals surface area (Å²) < 4.78 is 4.85. The number of amides is 1. The minimum Gasteiger partial charge on any atom is -0.364 e.